The van der Waals surface area contributed by atoms with Crippen LogP contribution in [0, 0.1) is 11.3 Å². The first-order chi connectivity index (χ1) is 6.94. The molecule has 1 aliphatic carbocycles. The summed E-state index contributed by atoms with van der Waals surface area (Å²) in [5.41, 5.74) is 0.464. The number of hydrogen-bond donors (Lipinski definition) is 1. The van der Waals surface area contributed by atoms with Crippen molar-refractivity contribution in [3.05, 3.63) is 0 Å². The Morgan fingerprint density at radius 3 is 2.73 bits per heavy atom. The molecule has 0 heterocycles. The van der Waals surface area contributed by atoms with Crippen molar-refractivity contribution < 1.29 is 9.53 Å². The zero-order valence-electron chi connectivity index (χ0n) is 10.3. The maximum Gasteiger partial charge on any atom is 0.309 e. The maximum atomic E-state index is 11.2. The van der Waals surface area contributed by atoms with Crippen molar-refractivity contribution in [3.8, 4) is 0 Å². The van der Waals surface area contributed by atoms with Gasteiger partial charge in [-0.25, -0.2) is 0 Å². The second kappa shape index (κ2) is 4.97. The van der Waals surface area contributed by atoms with Gasteiger partial charge in [-0.3, -0.25) is 4.79 Å². The Hall–Kier alpha value is -0.570. The Bertz CT molecular complexity index is 226. The third kappa shape index (κ3) is 3.82. The summed E-state index contributed by atoms with van der Waals surface area (Å²) in [5, 5.41) is 3.45. The number of ether oxygens (including phenoxy) is 1. The lowest BCUT2D eigenvalue weighted by Crippen LogP contribution is -2.34. The van der Waals surface area contributed by atoms with Gasteiger partial charge < -0.3 is 10.1 Å². The van der Waals surface area contributed by atoms with E-state index in [9.17, 15) is 4.79 Å². The van der Waals surface area contributed by atoms with Crippen molar-refractivity contribution in [1.29, 1.82) is 0 Å². The third-order valence-electron chi connectivity index (χ3n) is 3.28. The van der Waals surface area contributed by atoms with Crippen LogP contribution in [0.25, 0.3) is 0 Å². The maximum absolute atomic E-state index is 11.2. The topological polar surface area (TPSA) is 38.3 Å². The molecule has 0 aromatic rings. The normalized spacial score (nSPS) is 26.3. The van der Waals surface area contributed by atoms with Crippen LogP contribution in [0.5, 0.6) is 0 Å². The average Bonchev–Trinajstić information content (AvgIpc) is 2.53. The number of carbonyl (C=O) groups is 1. The molecule has 2 atom stereocenters. The van der Waals surface area contributed by atoms with E-state index in [0.717, 1.165) is 6.54 Å². The molecule has 0 aromatic heterocycles. The van der Waals surface area contributed by atoms with Gasteiger partial charge in [0.1, 0.15) is 0 Å². The fourth-order valence-corrected chi connectivity index (χ4v) is 2.24. The van der Waals surface area contributed by atoms with Crippen LogP contribution in [0.2, 0.25) is 0 Å². The highest BCUT2D eigenvalue weighted by Gasteiger charge is 2.30. The minimum atomic E-state index is -0.125. The molecular weight excluding hydrogens is 190 g/mol. The van der Waals surface area contributed by atoms with Crippen LogP contribution in [-0.4, -0.2) is 25.7 Å². The second-order valence-electron chi connectivity index (χ2n) is 5.44. The summed E-state index contributed by atoms with van der Waals surface area (Å²) >= 11 is 0. The van der Waals surface area contributed by atoms with Crippen LogP contribution in [0.3, 0.4) is 0 Å². The van der Waals surface area contributed by atoms with Crippen LogP contribution < -0.4 is 5.32 Å². The van der Waals surface area contributed by atoms with Crippen LogP contribution in [0.4, 0.5) is 0 Å². The zero-order valence-corrected chi connectivity index (χ0v) is 10.3. The van der Waals surface area contributed by atoms with E-state index in [1.807, 2.05) is 6.92 Å². The lowest BCUT2D eigenvalue weighted by Gasteiger charge is -2.19. The lowest BCUT2D eigenvalue weighted by atomic mass is 9.92. The standard InChI is InChI=1S/C12H23NO2/c1-9(11(14)15-4)8-13-10-5-6-12(2,3)7-10/h9-10,13H,5-8H2,1-4H3. The Morgan fingerprint density at radius 1 is 1.60 bits per heavy atom. The van der Waals surface area contributed by atoms with Crippen molar-refractivity contribution in [2.45, 2.75) is 46.1 Å². The van der Waals surface area contributed by atoms with E-state index in [1.54, 1.807) is 0 Å². The quantitative estimate of drug-likeness (QED) is 0.726. The largest absolute Gasteiger partial charge is 0.469 e. The SMILES string of the molecule is COC(=O)C(C)CNC1CCC(C)(C)C1. The number of methoxy groups -OCH3 is 1. The first kappa shape index (κ1) is 12.5. The minimum Gasteiger partial charge on any atom is -0.469 e. The Balaban J connectivity index is 2.24. The predicted octanol–water partition coefficient (Wildman–Crippen LogP) is 1.96. The molecule has 15 heavy (non-hydrogen) atoms. The highest BCUT2D eigenvalue weighted by atomic mass is 16.5. The van der Waals surface area contributed by atoms with Gasteiger partial charge >= 0.3 is 5.97 Å². The van der Waals surface area contributed by atoms with Crippen molar-refractivity contribution in [3.63, 3.8) is 0 Å². The monoisotopic (exact) mass is 213 g/mol. The van der Waals surface area contributed by atoms with Gasteiger partial charge in [0.2, 0.25) is 0 Å². The molecule has 1 fully saturated rings. The van der Waals surface area contributed by atoms with E-state index in [1.165, 1.54) is 26.4 Å². The molecule has 0 spiro atoms. The first-order valence-corrected chi connectivity index (χ1v) is 5.76. The molecule has 1 saturated carbocycles. The van der Waals surface area contributed by atoms with E-state index in [-0.39, 0.29) is 11.9 Å². The minimum absolute atomic E-state index is 0.0429. The zero-order chi connectivity index (χ0) is 11.5. The summed E-state index contributed by atoms with van der Waals surface area (Å²) in [6.07, 6.45) is 3.71. The number of rotatable bonds is 4. The van der Waals surface area contributed by atoms with E-state index in [4.69, 9.17) is 0 Å². The van der Waals surface area contributed by atoms with Crippen molar-refractivity contribution in [2.75, 3.05) is 13.7 Å². The number of hydrogen-bond acceptors (Lipinski definition) is 3. The molecule has 1 N–H and O–H groups in total. The molecule has 88 valence electrons. The van der Waals surface area contributed by atoms with Crippen molar-refractivity contribution in [2.24, 2.45) is 11.3 Å². The van der Waals surface area contributed by atoms with Gasteiger partial charge in [0.15, 0.2) is 0 Å². The summed E-state index contributed by atoms with van der Waals surface area (Å²) in [6, 6.07) is 0.576. The predicted molar refractivity (Wildman–Crippen MR) is 60.6 cm³/mol. The smallest absolute Gasteiger partial charge is 0.309 e. The van der Waals surface area contributed by atoms with E-state index in [2.05, 4.69) is 23.9 Å². The van der Waals surface area contributed by atoms with Gasteiger partial charge in [-0.15, -0.1) is 0 Å². The summed E-state index contributed by atoms with van der Waals surface area (Å²) in [7, 11) is 1.44. The Labute approximate surface area is 92.6 Å². The summed E-state index contributed by atoms with van der Waals surface area (Å²) < 4.78 is 4.69. The van der Waals surface area contributed by atoms with Gasteiger partial charge in [-0.1, -0.05) is 20.8 Å². The van der Waals surface area contributed by atoms with Crippen LogP contribution in [-0.2, 0) is 9.53 Å². The van der Waals surface area contributed by atoms with Crippen molar-refractivity contribution in [1.82, 2.24) is 5.32 Å². The highest BCUT2D eigenvalue weighted by molar-refractivity contribution is 5.72. The molecule has 0 aliphatic heterocycles. The van der Waals surface area contributed by atoms with Gasteiger partial charge in [0, 0.05) is 12.6 Å². The highest BCUT2D eigenvalue weighted by Crippen LogP contribution is 2.36. The van der Waals surface area contributed by atoms with Gasteiger partial charge in [-0.05, 0) is 24.7 Å². The first-order valence-electron chi connectivity index (χ1n) is 5.76. The Morgan fingerprint density at radius 2 is 2.27 bits per heavy atom. The molecule has 1 aliphatic rings. The van der Waals surface area contributed by atoms with E-state index >= 15 is 0 Å². The molecule has 0 bridgehead atoms. The van der Waals surface area contributed by atoms with Gasteiger partial charge in [-0.2, -0.15) is 0 Å². The second-order valence-corrected chi connectivity index (χ2v) is 5.44. The van der Waals surface area contributed by atoms with Crippen LogP contribution >= 0.6 is 0 Å². The molecule has 0 aromatic carbocycles. The number of esters is 1. The number of nitrogens with one attached hydrogen (secondary N) is 1. The third-order valence-corrected chi connectivity index (χ3v) is 3.28. The lowest BCUT2D eigenvalue weighted by molar-refractivity contribution is -0.144. The van der Waals surface area contributed by atoms with Crippen LogP contribution in [0.15, 0.2) is 0 Å². The van der Waals surface area contributed by atoms with E-state index in [0.29, 0.717) is 11.5 Å². The summed E-state index contributed by atoms with van der Waals surface area (Å²) in [4.78, 5) is 11.2. The van der Waals surface area contributed by atoms with E-state index < -0.39 is 0 Å². The summed E-state index contributed by atoms with van der Waals surface area (Å²) in [6.45, 7) is 7.24. The molecule has 2 unspecified atom stereocenters. The van der Waals surface area contributed by atoms with Gasteiger partial charge in [0.25, 0.3) is 0 Å². The molecular formula is C12H23NO2. The Kier molecular flexibility index (Phi) is 4.14. The van der Waals surface area contributed by atoms with Crippen LogP contribution in [0.1, 0.15) is 40.0 Å². The summed E-state index contributed by atoms with van der Waals surface area (Å²) in [5.74, 6) is -0.168. The molecule has 0 saturated heterocycles. The fraction of sp³-hybridized carbons (Fsp3) is 0.917. The van der Waals surface area contributed by atoms with Crippen molar-refractivity contribution >= 4 is 5.97 Å². The molecule has 1 rings (SSSR count). The fourth-order valence-electron chi connectivity index (χ4n) is 2.24. The molecule has 3 heteroatoms. The van der Waals surface area contributed by atoms with Gasteiger partial charge in [0.05, 0.1) is 13.0 Å². The average molecular weight is 213 g/mol. The molecule has 0 amide bonds. The molecule has 0 radical (unpaired) electrons. The molecule has 3 nitrogen and oxygen atoms in total. The number of carbonyl (C=O) groups excluding carboxylic acids is 1.